The van der Waals surface area contributed by atoms with Crippen LogP contribution in [0.3, 0.4) is 0 Å². The monoisotopic (exact) mass is 283 g/mol. The van der Waals surface area contributed by atoms with Crippen LogP contribution in [0.15, 0.2) is 12.3 Å². The van der Waals surface area contributed by atoms with Gasteiger partial charge >= 0.3 is 5.97 Å². The summed E-state index contributed by atoms with van der Waals surface area (Å²) in [5.74, 6) is 0.307. The highest BCUT2D eigenvalue weighted by molar-refractivity contribution is 6.33. The lowest BCUT2D eigenvalue weighted by atomic mass is 10.1. The van der Waals surface area contributed by atoms with Crippen LogP contribution in [0.25, 0.3) is 0 Å². The molecule has 0 radical (unpaired) electrons. The summed E-state index contributed by atoms with van der Waals surface area (Å²) in [6.07, 6.45) is 2.57. The van der Waals surface area contributed by atoms with E-state index in [2.05, 4.69) is 26.9 Å². The first-order valence-corrected chi connectivity index (χ1v) is 6.75. The summed E-state index contributed by atoms with van der Waals surface area (Å²) in [5, 5.41) is 3.93. The third-order valence-electron chi connectivity index (χ3n) is 3.29. The third kappa shape index (κ3) is 3.16. The molecule has 19 heavy (non-hydrogen) atoms. The zero-order chi connectivity index (χ0) is 13.8. The van der Waals surface area contributed by atoms with Gasteiger partial charge in [0.25, 0.3) is 0 Å². The maximum absolute atomic E-state index is 11.4. The number of pyridine rings is 1. The molecular formula is C13H18ClN3O2. The highest BCUT2D eigenvalue weighted by atomic mass is 35.5. The van der Waals surface area contributed by atoms with Gasteiger partial charge in [-0.15, -0.1) is 0 Å². The molecule has 1 atom stereocenters. The van der Waals surface area contributed by atoms with E-state index in [1.807, 2.05) is 0 Å². The maximum atomic E-state index is 11.4. The van der Waals surface area contributed by atoms with Crippen LogP contribution in [0.4, 0.5) is 5.82 Å². The summed E-state index contributed by atoms with van der Waals surface area (Å²) >= 11 is 6.22. The first-order valence-electron chi connectivity index (χ1n) is 6.38. The average molecular weight is 284 g/mol. The Morgan fingerprint density at radius 1 is 1.68 bits per heavy atom. The molecule has 2 heterocycles. The molecule has 1 aliphatic rings. The molecule has 6 heteroatoms. The van der Waals surface area contributed by atoms with E-state index in [-0.39, 0.29) is 0 Å². The van der Waals surface area contributed by atoms with Gasteiger partial charge in [-0.3, -0.25) is 0 Å². The smallest absolute Gasteiger partial charge is 0.339 e. The zero-order valence-electron chi connectivity index (χ0n) is 11.1. The Morgan fingerprint density at radius 3 is 3.11 bits per heavy atom. The van der Waals surface area contributed by atoms with Crippen molar-refractivity contribution >= 4 is 23.4 Å². The fourth-order valence-electron chi connectivity index (χ4n) is 2.18. The van der Waals surface area contributed by atoms with Crippen LogP contribution in [-0.2, 0) is 4.74 Å². The van der Waals surface area contributed by atoms with Crippen molar-refractivity contribution in [1.82, 2.24) is 10.3 Å². The molecule has 1 aromatic rings. The van der Waals surface area contributed by atoms with Gasteiger partial charge in [-0.05, 0) is 12.5 Å². The van der Waals surface area contributed by atoms with Gasteiger partial charge in [0.1, 0.15) is 5.82 Å². The molecule has 0 bridgehead atoms. The summed E-state index contributed by atoms with van der Waals surface area (Å²) in [6, 6.07) is 2.06. The Kier molecular flexibility index (Phi) is 4.61. The number of nitrogens with zero attached hydrogens (tertiary/aromatic N) is 2. The topological polar surface area (TPSA) is 54.5 Å². The van der Waals surface area contributed by atoms with E-state index >= 15 is 0 Å². The number of aromatic nitrogens is 1. The number of anilines is 1. The van der Waals surface area contributed by atoms with Crippen LogP contribution in [0.1, 0.15) is 23.7 Å². The summed E-state index contributed by atoms with van der Waals surface area (Å²) in [4.78, 5) is 17.9. The Labute approximate surface area is 117 Å². The van der Waals surface area contributed by atoms with Crippen molar-refractivity contribution in [3.63, 3.8) is 0 Å². The SMILES string of the molecule is CC[C@H]1CN(c2ncc(C(=O)OC)cc2Cl)CCN1. The molecule has 2 rings (SSSR count). The molecule has 104 valence electrons. The average Bonchev–Trinajstić information content (AvgIpc) is 2.46. The van der Waals surface area contributed by atoms with Crippen LogP contribution < -0.4 is 10.2 Å². The fourth-order valence-corrected chi connectivity index (χ4v) is 2.47. The number of hydrogen-bond donors (Lipinski definition) is 1. The van der Waals surface area contributed by atoms with Gasteiger partial charge in [-0.1, -0.05) is 18.5 Å². The van der Waals surface area contributed by atoms with Crippen LogP contribution >= 0.6 is 11.6 Å². The number of nitrogens with one attached hydrogen (secondary N) is 1. The maximum Gasteiger partial charge on any atom is 0.339 e. The van der Waals surface area contributed by atoms with E-state index in [1.165, 1.54) is 13.3 Å². The van der Waals surface area contributed by atoms with Crippen LogP contribution in [0.2, 0.25) is 5.02 Å². The molecule has 0 aliphatic carbocycles. The van der Waals surface area contributed by atoms with E-state index in [0.717, 1.165) is 31.9 Å². The number of carbonyl (C=O) groups is 1. The van der Waals surface area contributed by atoms with Crippen LogP contribution in [0, 0.1) is 0 Å². The molecule has 1 aliphatic heterocycles. The van der Waals surface area contributed by atoms with Crippen LogP contribution in [-0.4, -0.2) is 43.7 Å². The van der Waals surface area contributed by atoms with E-state index < -0.39 is 5.97 Å². The second-order valence-corrected chi connectivity index (χ2v) is 4.93. The largest absolute Gasteiger partial charge is 0.465 e. The van der Waals surface area contributed by atoms with Crippen molar-refractivity contribution in [3.8, 4) is 0 Å². The number of ether oxygens (including phenoxy) is 1. The molecule has 1 saturated heterocycles. The standard InChI is InChI=1S/C13H18ClN3O2/c1-3-10-8-17(5-4-15-10)12-11(14)6-9(7-16-12)13(18)19-2/h6-7,10,15H,3-5,8H2,1-2H3/t10-/m0/s1. The van der Waals surface area contributed by atoms with E-state index in [4.69, 9.17) is 11.6 Å². The highest BCUT2D eigenvalue weighted by Crippen LogP contribution is 2.25. The first-order chi connectivity index (χ1) is 9.15. The number of methoxy groups -OCH3 is 1. The van der Waals surface area contributed by atoms with Gasteiger partial charge in [0.15, 0.2) is 0 Å². The Hall–Kier alpha value is -1.33. The minimum absolute atomic E-state index is 0.374. The number of piperazine rings is 1. The second-order valence-electron chi connectivity index (χ2n) is 4.53. The van der Waals surface area contributed by atoms with Crippen molar-refractivity contribution in [1.29, 1.82) is 0 Å². The van der Waals surface area contributed by atoms with Crippen LogP contribution in [0.5, 0.6) is 0 Å². The molecule has 0 aromatic carbocycles. The number of carbonyl (C=O) groups excluding carboxylic acids is 1. The number of halogens is 1. The van der Waals surface area contributed by atoms with Gasteiger partial charge in [-0.2, -0.15) is 0 Å². The van der Waals surface area contributed by atoms with E-state index in [1.54, 1.807) is 6.07 Å². The van der Waals surface area contributed by atoms with E-state index in [0.29, 0.717) is 16.6 Å². The number of hydrogen-bond acceptors (Lipinski definition) is 5. The molecule has 0 saturated carbocycles. The lowest BCUT2D eigenvalue weighted by Gasteiger charge is -2.34. The van der Waals surface area contributed by atoms with Gasteiger partial charge in [-0.25, -0.2) is 9.78 Å². The summed E-state index contributed by atoms with van der Waals surface area (Å²) in [5.41, 5.74) is 0.374. The second kappa shape index (κ2) is 6.21. The predicted molar refractivity (Wildman–Crippen MR) is 74.9 cm³/mol. The Morgan fingerprint density at radius 2 is 2.47 bits per heavy atom. The number of rotatable bonds is 3. The molecule has 0 amide bonds. The summed E-state index contributed by atoms with van der Waals surface area (Å²) in [7, 11) is 1.34. The minimum Gasteiger partial charge on any atom is -0.465 e. The molecular weight excluding hydrogens is 266 g/mol. The summed E-state index contributed by atoms with van der Waals surface area (Å²) < 4.78 is 4.65. The van der Waals surface area contributed by atoms with Gasteiger partial charge in [0.2, 0.25) is 0 Å². The van der Waals surface area contributed by atoms with E-state index in [9.17, 15) is 4.79 Å². The fraction of sp³-hybridized carbons (Fsp3) is 0.538. The van der Waals surface area contributed by atoms with Crippen molar-refractivity contribution in [2.24, 2.45) is 0 Å². The lowest BCUT2D eigenvalue weighted by Crippen LogP contribution is -2.50. The number of esters is 1. The molecule has 1 aromatic heterocycles. The predicted octanol–water partition coefficient (Wildman–Crippen LogP) is 1.71. The molecule has 1 N–H and O–H groups in total. The molecule has 1 fully saturated rings. The van der Waals surface area contributed by atoms with Gasteiger partial charge < -0.3 is 15.0 Å². The molecule has 0 spiro atoms. The highest BCUT2D eigenvalue weighted by Gasteiger charge is 2.21. The first kappa shape index (κ1) is 14.1. The zero-order valence-corrected chi connectivity index (χ0v) is 11.9. The van der Waals surface area contributed by atoms with Gasteiger partial charge in [0, 0.05) is 31.9 Å². The van der Waals surface area contributed by atoms with Crippen molar-refractivity contribution in [2.45, 2.75) is 19.4 Å². The van der Waals surface area contributed by atoms with Crippen molar-refractivity contribution in [3.05, 3.63) is 22.8 Å². The van der Waals surface area contributed by atoms with Crippen molar-refractivity contribution < 1.29 is 9.53 Å². The molecule has 0 unspecified atom stereocenters. The quantitative estimate of drug-likeness (QED) is 0.856. The summed E-state index contributed by atoms with van der Waals surface area (Å²) in [6.45, 7) is 4.80. The third-order valence-corrected chi connectivity index (χ3v) is 3.57. The van der Waals surface area contributed by atoms with Crippen molar-refractivity contribution in [2.75, 3.05) is 31.6 Å². The molecule has 5 nitrogen and oxygen atoms in total. The Bertz CT molecular complexity index is 467. The Balaban J connectivity index is 2.18. The normalized spacial score (nSPS) is 19.3. The van der Waals surface area contributed by atoms with Gasteiger partial charge in [0.05, 0.1) is 17.7 Å². The minimum atomic E-state index is -0.423. The lowest BCUT2D eigenvalue weighted by molar-refractivity contribution is 0.0600.